The summed E-state index contributed by atoms with van der Waals surface area (Å²) >= 11 is 0. The third-order valence-corrected chi connectivity index (χ3v) is 10.4. The van der Waals surface area contributed by atoms with E-state index in [9.17, 15) is 28.8 Å². The van der Waals surface area contributed by atoms with Crippen LogP contribution in [-0.4, -0.2) is 88.2 Å². The van der Waals surface area contributed by atoms with E-state index in [2.05, 4.69) is 13.2 Å². The highest BCUT2D eigenvalue weighted by atomic mass is 16.6. The molecule has 67 heavy (non-hydrogen) atoms. The zero-order valence-corrected chi connectivity index (χ0v) is 38.4. The number of hydrogen-bond acceptors (Lipinski definition) is 15. The number of carbonyl (C=O) groups excluding carboxylic acids is 6. The maximum absolute atomic E-state index is 13.5. The molecule has 3 aromatic carbocycles. The molecule has 1 heterocycles. The van der Waals surface area contributed by atoms with Crippen LogP contribution in [0.2, 0.25) is 0 Å². The highest BCUT2D eigenvalue weighted by Crippen LogP contribution is 2.28. The molecule has 1 unspecified atom stereocenters. The topological polar surface area (TPSA) is 185 Å². The lowest BCUT2D eigenvalue weighted by Crippen LogP contribution is -2.22. The summed E-state index contributed by atoms with van der Waals surface area (Å²) in [5.74, 6) is -2.20. The minimum absolute atomic E-state index is 0.0374. The maximum atomic E-state index is 13.5. The fraction of sp³-hybridized carbons (Fsp3) is 0.462. The van der Waals surface area contributed by atoms with Crippen molar-refractivity contribution >= 4 is 35.8 Å². The van der Waals surface area contributed by atoms with Crippen molar-refractivity contribution in [1.29, 1.82) is 0 Å². The van der Waals surface area contributed by atoms with Crippen molar-refractivity contribution in [3.05, 3.63) is 109 Å². The molecule has 0 aliphatic carbocycles. The largest absolute Gasteiger partial charge is 0.494 e. The molecule has 0 N–H and O–H groups in total. The quantitative estimate of drug-likeness (QED) is 0.0185. The molecule has 0 bridgehead atoms. The molecular formula is C52H64O15. The number of ether oxygens (including phenoxy) is 9. The molecule has 0 radical (unpaired) electrons. The van der Waals surface area contributed by atoms with Gasteiger partial charge in [-0.15, -0.1) is 0 Å². The molecule has 3 aromatic rings. The van der Waals surface area contributed by atoms with Gasteiger partial charge in [0, 0.05) is 18.8 Å². The van der Waals surface area contributed by atoms with Crippen molar-refractivity contribution in [3.8, 4) is 23.0 Å². The van der Waals surface area contributed by atoms with E-state index in [4.69, 9.17) is 42.6 Å². The van der Waals surface area contributed by atoms with Gasteiger partial charge in [-0.2, -0.15) is 0 Å². The lowest BCUT2D eigenvalue weighted by molar-refractivity contribution is -0.154. The Labute approximate surface area is 393 Å². The molecule has 15 nitrogen and oxygen atoms in total. The van der Waals surface area contributed by atoms with Gasteiger partial charge in [0.05, 0.1) is 50.8 Å². The minimum Gasteiger partial charge on any atom is -0.494 e. The number of esters is 6. The normalized spacial score (nSPS) is 12.9. The molecule has 1 atom stereocenters. The predicted octanol–water partition coefficient (Wildman–Crippen LogP) is 9.68. The number of unbranched alkanes of at least 4 members (excludes halogenated alkanes) is 11. The van der Waals surface area contributed by atoms with Gasteiger partial charge >= 0.3 is 35.8 Å². The first-order valence-corrected chi connectivity index (χ1v) is 23.2. The van der Waals surface area contributed by atoms with Crippen molar-refractivity contribution in [2.75, 3.05) is 46.2 Å². The Balaban J connectivity index is 1.27. The first-order valence-electron chi connectivity index (χ1n) is 23.2. The fourth-order valence-electron chi connectivity index (χ4n) is 6.66. The maximum Gasteiger partial charge on any atom is 0.343 e. The summed E-state index contributed by atoms with van der Waals surface area (Å²) in [7, 11) is 0. The average molecular weight is 929 g/mol. The van der Waals surface area contributed by atoms with Crippen LogP contribution in [0.3, 0.4) is 0 Å². The average Bonchev–Trinajstić information content (AvgIpc) is 3.90. The van der Waals surface area contributed by atoms with E-state index in [1.165, 1.54) is 18.2 Å². The van der Waals surface area contributed by atoms with E-state index < -0.39 is 36.0 Å². The van der Waals surface area contributed by atoms with Gasteiger partial charge in [-0.3, -0.25) is 0 Å². The van der Waals surface area contributed by atoms with Gasteiger partial charge in [-0.1, -0.05) is 38.8 Å². The molecule has 362 valence electrons. The SMILES string of the molecule is C=CC(=O)OCCCCCCOc1ccc(C(=O)Oc2ccc(OC(=O)c3ccc(OCCCCCCOC(=O)C=C)cc3)c(C(=O)OCCCCCCCCOC(=O)C3CCCO3)c2)cc1. The Morgan fingerprint density at radius 1 is 0.493 bits per heavy atom. The Morgan fingerprint density at radius 3 is 1.40 bits per heavy atom. The summed E-state index contributed by atoms with van der Waals surface area (Å²) < 4.78 is 49.2. The second-order valence-corrected chi connectivity index (χ2v) is 15.7. The van der Waals surface area contributed by atoms with Crippen LogP contribution >= 0.6 is 0 Å². The molecule has 4 rings (SSSR count). The Hall–Kier alpha value is -6.48. The molecule has 0 aromatic heterocycles. The van der Waals surface area contributed by atoms with Crippen LogP contribution in [-0.2, 0) is 38.1 Å². The van der Waals surface area contributed by atoms with Gasteiger partial charge < -0.3 is 42.6 Å². The first-order chi connectivity index (χ1) is 32.7. The van der Waals surface area contributed by atoms with Crippen LogP contribution in [0.1, 0.15) is 134 Å². The zero-order valence-electron chi connectivity index (χ0n) is 38.4. The van der Waals surface area contributed by atoms with Gasteiger partial charge in [-0.05, 0) is 144 Å². The molecule has 0 spiro atoms. The second kappa shape index (κ2) is 31.4. The van der Waals surface area contributed by atoms with Crippen molar-refractivity contribution in [3.63, 3.8) is 0 Å². The van der Waals surface area contributed by atoms with Crippen LogP contribution in [0, 0.1) is 0 Å². The third kappa shape index (κ3) is 21.1. The molecule has 1 saturated heterocycles. The summed E-state index contributed by atoms with van der Waals surface area (Å²) in [5, 5.41) is 0. The first kappa shape index (κ1) is 53.1. The highest BCUT2D eigenvalue weighted by molar-refractivity contribution is 5.97. The van der Waals surface area contributed by atoms with Crippen LogP contribution in [0.15, 0.2) is 92.0 Å². The van der Waals surface area contributed by atoms with E-state index in [0.717, 1.165) is 102 Å². The predicted molar refractivity (Wildman–Crippen MR) is 247 cm³/mol. The van der Waals surface area contributed by atoms with Crippen molar-refractivity contribution in [2.45, 2.75) is 109 Å². The number of carbonyl (C=O) groups is 6. The molecular weight excluding hydrogens is 865 g/mol. The molecule has 0 amide bonds. The number of benzene rings is 3. The number of rotatable bonds is 33. The zero-order chi connectivity index (χ0) is 47.9. The highest BCUT2D eigenvalue weighted by Gasteiger charge is 2.25. The summed E-state index contributed by atoms with van der Waals surface area (Å²) in [6, 6.07) is 17.0. The van der Waals surface area contributed by atoms with Gasteiger partial charge in [0.2, 0.25) is 0 Å². The second-order valence-electron chi connectivity index (χ2n) is 15.7. The van der Waals surface area contributed by atoms with E-state index in [0.29, 0.717) is 64.0 Å². The van der Waals surface area contributed by atoms with Crippen molar-refractivity contribution in [2.24, 2.45) is 0 Å². The fourth-order valence-corrected chi connectivity index (χ4v) is 6.66. The van der Waals surface area contributed by atoms with Crippen molar-refractivity contribution < 1.29 is 71.4 Å². The molecule has 1 aliphatic heterocycles. The van der Waals surface area contributed by atoms with E-state index in [1.54, 1.807) is 48.5 Å². The van der Waals surface area contributed by atoms with Crippen LogP contribution < -0.4 is 18.9 Å². The van der Waals surface area contributed by atoms with Gasteiger partial charge in [-0.25, -0.2) is 28.8 Å². The van der Waals surface area contributed by atoms with Crippen LogP contribution in [0.25, 0.3) is 0 Å². The van der Waals surface area contributed by atoms with Gasteiger partial charge in [0.25, 0.3) is 0 Å². The monoisotopic (exact) mass is 928 g/mol. The van der Waals surface area contributed by atoms with E-state index in [1.807, 2.05) is 0 Å². The van der Waals surface area contributed by atoms with E-state index in [-0.39, 0.29) is 40.8 Å². The number of hydrogen-bond donors (Lipinski definition) is 0. The molecule has 15 heteroatoms. The third-order valence-electron chi connectivity index (χ3n) is 10.4. The summed E-state index contributed by atoms with van der Waals surface area (Å²) in [5.41, 5.74) is 0.363. The lowest BCUT2D eigenvalue weighted by atomic mass is 10.1. The molecule has 1 aliphatic rings. The Morgan fingerprint density at radius 2 is 0.925 bits per heavy atom. The van der Waals surface area contributed by atoms with Crippen molar-refractivity contribution in [1.82, 2.24) is 0 Å². The molecule has 0 saturated carbocycles. The van der Waals surface area contributed by atoms with Gasteiger partial charge in [0.15, 0.2) is 6.10 Å². The molecule has 1 fully saturated rings. The summed E-state index contributed by atoms with van der Waals surface area (Å²) in [6.45, 7) is 9.46. The van der Waals surface area contributed by atoms with E-state index >= 15 is 0 Å². The smallest absolute Gasteiger partial charge is 0.343 e. The Bertz CT molecular complexity index is 2020. The van der Waals surface area contributed by atoms with Crippen LogP contribution in [0.4, 0.5) is 0 Å². The lowest BCUT2D eigenvalue weighted by Gasteiger charge is -2.13. The standard InChI is InChI=1S/C52H64O15/c1-3-47(53)62-33-15-11-9-13-31-59-41-25-21-39(22-26-41)49(55)66-43-29-30-45(67-50(56)40-23-27-42(28-24-40)60-32-14-10-12-16-34-63-48(54)4-2)44(38-43)51(57)64-35-17-7-5-6-8-18-36-65-52(58)46-20-19-37-61-46/h3-4,21-30,38,46H,1-2,5-20,31-37H2. The van der Waals surface area contributed by atoms with Crippen LogP contribution in [0.5, 0.6) is 23.0 Å². The Kier molecular flexibility index (Phi) is 24.9. The van der Waals surface area contributed by atoms with Gasteiger partial charge in [0.1, 0.15) is 28.6 Å². The summed E-state index contributed by atoms with van der Waals surface area (Å²) in [4.78, 5) is 74.2. The minimum atomic E-state index is -0.757. The summed E-state index contributed by atoms with van der Waals surface area (Å²) in [6.07, 6.45) is 15.0.